The first kappa shape index (κ1) is 17.3. The smallest absolute Gasteiger partial charge is 0.341 e. The Labute approximate surface area is 140 Å². The van der Waals surface area contributed by atoms with E-state index in [4.69, 9.17) is 14.2 Å². The molecule has 0 aliphatic carbocycles. The summed E-state index contributed by atoms with van der Waals surface area (Å²) in [5.41, 5.74) is 0.930. The Hall–Kier alpha value is -3.08. The highest BCUT2D eigenvalue weighted by Gasteiger charge is 2.22. The number of carbonyl (C=O) groups excluding carboxylic acids is 2. The van der Waals surface area contributed by atoms with Gasteiger partial charge in [-0.25, -0.2) is 4.79 Å². The fourth-order valence-corrected chi connectivity index (χ4v) is 2.14. The first-order chi connectivity index (χ1) is 11.6. The molecular weight excluding hydrogens is 308 g/mol. The lowest BCUT2D eigenvalue weighted by Gasteiger charge is -2.09. The van der Waals surface area contributed by atoms with Crippen molar-refractivity contribution in [2.45, 2.75) is 0 Å². The SMILES string of the molecule is COC(=O)/C(=C\c1ccccc1)C(=O)c1cc(OC)cc(OC)c1. The molecule has 0 amide bonds. The molecule has 0 heterocycles. The van der Waals surface area contributed by atoms with Gasteiger partial charge in [-0.1, -0.05) is 30.3 Å². The monoisotopic (exact) mass is 326 g/mol. The first-order valence-electron chi connectivity index (χ1n) is 7.22. The van der Waals surface area contributed by atoms with Gasteiger partial charge in [0.1, 0.15) is 17.1 Å². The summed E-state index contributed by atoms with van der Waals surface area (Å²) in [5.74, 6) is -0.253. The molecule has 2 aromatic carbocycles. The Bertz CT molecular complexity index is 740. The number of rotatable bonds is 6. The number of esters is 1. The van der Waals surface area contributed by atoms with Crippen LogP contribution < -0.4 is 9.47 Å². The highest BCUT2D eigenvalue weighted by Crippen LogP contribution is 2.25. The van der Waals surface area contributed by atoms with E-state index in [9.17, 15) is 9.59 Å². The van der Waals surface area contributed by atoms with Gasteiger partial charge in [0.05, 0.1) is 21.3 Å². The molecule has 0 fully saturated rings. The van der Waals surface area contributed by atoms with Gasteiger partial charge in [-0.15, -0.1) is 0 Å². The van der Waals surface area contributed by atoms with E-state index in [0.29, 0.717) is 11.5 Å². The van der Waals surface area contributed by atoms with Crippen molar-refractivity contribution in [2.75, 3.05) is 21.3 Å². The lowest BCUT2D eigenvalue weighted by molar-refractivity contribution is -0.135. The summed E-state index contributed by atoms with van der Waals surface area (Å²) >= 11 is 0. The molecule has 0 saturated carbocycles. The number of Topliss-reactive ketones (excluding diaryl/α,β-unsaturated/α-hetero) is 1. The standard InChI is InChI=1S/C19H18O5/c1-22-15-10-14(11-16(12-15)23-2)18(20)17(19(21)24-3)9-13-7-5-4-6-8-13/h4-12H,1-3H3/b17-9-. The maximum atomic E-state index is 12.8. The van der Waals surface area contributed by atoms with E-state index in [-0.39, 0.29) is 11.1 Å². The molecule has 0 radical (unpaired) electrons. The first-order valence-corrected chi connectivity index (χ1v) is 7.22. The van der Waals surface area contributed by atoms with Crippen LogP contribution in [-0.4, -0.2) is 33.1 Å². The van der Waals surface area contributed by atoms with Crippen LogP contribution in [0.1, 0.15) is 15.9 Å². The van der Waals surface area contributed by atoms with Crippen LogP contribution in [0.25, 0.3) is 6.08 Å². The van der Waals surface area contributed by atoms with E-state index in [1.54, 1.807) is 30.3 Å². The van der Waals surface area contributed by atoms with Gasteiger partial charge in [0.25, 0.3) is 0 Å². The number of benzene rings is 2. The molecule has 5 heteroatoms. The molecule has 0 bridgehead atoms. The van der Waals surface area contributed by atoms with Crippen LogP contribution in [0.15, 0.2) is 54.1 Å². The van der Waals surface area contributed by atoms with E-state index >= 15 is 0 Å². The molecule has 0 spiro atoms. The van der Waals surface area contributed by atoms with E-state index < -0.39 is 11.8 Å². The van der Waals surface area contributed by atoms with Crippen LogP contribution in [0.3, 0.4) is 0 Å². The Balaban J connectivity index is 2.49. The average molecular weight is 326 g/mol. The Morgan fingerprint density at radius 1 is 0.875 bits per heavy atom. The summed E-state index contributed by atoms with van der Waals surface area (Å²) in [6, 6.07) is 13.8. The van der Waals surface area contributed by atoms with Gasteiger partial charge in [0, 0.05) is 11.6 Å². The van der Waals surface area contributed by atoms with Crippen molar-refractivity contribution in [3.05, 3.63) is 65.2 Å². The number of hydrogen-bond donors (Lipinski definition) is 0. The van der Waals surface area contributed by atoms with Gasteiger partial charge in [0.2, 0.25) is 5.78 Å². The average Bonchev–Trinajstić information content (AvgIpc) is 2.65. The van der Waals surface area contributed by atoms with E-state index in [1.165, 1.54) is 27.4 Å². The molecule has 0 aromatic heterocycles. The van der Waals surface area contributed by atoms with E-state index in [2.05, 4.69) is 0 Å². The number of carbonyl (C=O) groups is 2. The fourth-order valence-electron chi connectivity index (χ4n) is 2.14. The summed E-state index contributed by atoms with van der Waals surface area (Å²) in [7, 11) is 4.22. The van der Waals surface area contributed by atoms with Crippen LogP contribution in [0.4, 0.5) is 0 Å². The molecule has 0 saturated heterocycles. The number of methoxy groups -OCH3 is 3. The van der Waals surface area contributed by atoms with Crippen molar-refractivity contribution >= 4 is 17.8 Å². The zero-order chi connectivity index (χ0) is 17.5. The number of hydrogen-bond acceptors (Lipinski definition) is 5. The minimum atomic E-state index is -0.703. The quantitative estimate of drug-likeness (QED) is 0.268. The fraction of sp³-hybridized carbons (Fsp3) is 0.158. The molecule has 0 unspecified atom stereocenters. The summed E-state index contributed by atoms with van der Waals surface area (Å²) < 4.78 is 15.1. The molecule has 0 atom stereocenters. The Morgan fingerprint density at radius 2 is 1.46 bits per heavy atom. The lowest BCUT2D eigenvalue weighted by atomic mass is 10.0. The van der Waals surface area contributed by atoms with Crippen molar-refractivity contribution < 1.29 is 23.8 Å². The van der Waals surface area contributed by atoms with Crippen molar-refractivity contribution in [1.29, 1.82) is 0 Å². The largest absolute Gasteiger partial charge is 0.497 e. The molecule has 124 valence electrons. The number of ketones is 1. The third kappa shape index (κ3) is 4.01. The zero-order valence-corrected chi connectivity index (χ0v) is 13.7. The minimum Gasteiger partial charge on any atom is -0.497 e. The van der Waals surface area contributed by atoms with Crippen LogP contribution in [-0.2, 0) is 9.53 Å². The predicted molar refractivity (Wildman–Crippen MR) is 90.3 cm³/mol. The summed E-state index contributed by atoms with van der Waals surface area (Å²) in [6.45, 7) is 0. The van der Waals surface area contributed by atoms with Crippen molar-refractivity contribution in [3.8, 4) is 11.5 Å². The molecule has 0 aliphatic rings. The predicted octanol–water partition coefficient (Wildman–Crippen LogP) is 3.14. The van der Waals surface area contributed by atoms with Crippen molar-refractivity contribution in [1.82, 2.24) is 0 Å². The molecule has 5 nitrogen and oxygen atoms in total. The van der Waals surface area contributed by atoms with Gasteiger partial charge >= 0.3 is 5.97 Å². The summed E-state index contributed by atoms with van der Waals surface area (Å²) in [4.78, 5) is 24.9. The van der Waals surface area contributed by atoms with E-state index in [1.807, 2.05) is 18.2 Å². The Morgan fingerprint density at radius 3 is 1.96 bits per heavy atom. The highest BCUT2D eigenvalue weighted by atomic mass is 16.5. The van der Waals surface area contributed by atoms with Gasteiger partial charge < -0.3 is 14.2 Å². The molecular formula is C19H18O5. The van der Waals surface area contributed by atoms with Gasteiger partial charge in [-0.2, -0.15) is 0 Å². The second-order valence-electron chi connectivity index (χ2n) is 4.89. The second kappa shape index (κ2) is 7.97. The van der Waals surface area contributed by atoms with Gasteiger partial charge in [-0.3, -0.25) is 4.79 Å². The normalized spacial score (nSPS) is 10.9. The van der Waals surface area contributed by atoms with Crippen LogP contribution in [0, 0.1) is 0 Å². The maximum absolute atomic E-state index is 12.8. The van der Waals surface area contributed by atoms with Gasteiger partial charge in [0.15, 0.2) is 0 Å². The van der Waals surface area contributed by atoms with Crippen LogP contribution in [0.2, 0.25) is 0 Å². The summed E-state index contributed by atoms with van der Waals surface area (Å²) in [6.07, 6.45) is 1.50. The topological polar surface area (TPSA) is 61.8 Å². The second-order valence-corrected chi connectivity index (χ2v) is 4.89. The van der Waals surface area contributed by atoms with E-state index in [0.717, 1.165) is 5.56 Å². The molecule has 2 aromatic rings. The highest BCUT2D eigenvalue weighted by molar-refractivity contribution is 6.27. The third-order valence-corrected chi connectivity index (χ3v) is 3.37. The van der Waals surface area contributed by atoms with Crippen LogP contribution >= 0.6 is 0 Å². The zero-order valence-electron chi connectivity index (χ0n) is 13.7. The minimum absolute atomic E-state index is 0.0704. The third-order valence-electron chi connectivity index (χ3n) is 3.37. The van der Waals surface area contributed by atoms with Gasteiger partial charge in [-0.05, 0) is 23.8 Å². The van der Waals surface area contributed by atoms with Crippen molar-refractivity contribution in [2.24, 2.45) is 0 Å². The lowest BCUT2D eigenvalue weighted by Crippen LogP contribution is -2.15. The van der Waals surface area contributed by atoms with Crippen molar-refractivity contribution in [3.63, 3.8) is 0 Å². The molecule has 2 rings (SSSR count). The molecule has 0 aliphatic heterocycles. The molecule has 0 N–H and O–H groups in total. The van der Waals surface area contributed by atoms with Crippen LogP contribution in [0.5, 0.6) is 11.5 Å². The Kier molecular flexibility index (Phi) is 5.73. The number of ether oxygens (including phenoxy) is 3. The molecule has 24 heavy (non-hydrogen) atoms. The maximum Gasteiger partial charge on any atom is 0.341 e. The summed E-state index contributed by atoms with van der Waals surface area (Å²) in [5, 5.41) is 0.